The van der Waals surface area contributed by atoms with Crippen molar-refractivity contribution in [3.8, 4) is 24.7 Å². The highest BCUT2D eigenvalue weighted by Crippen LogP contribution is 2.29. The lowest BCUT2D eigenvalue weighted by atomic mass is 9.83. The molecule has 27 heavy (non-hydrogen) atoms. The first-order valence-electron chi connectivity index (χ1n) is 9.99. The summed E-state index contributed by atoms with van der Waals surface area (Å²) in [6, 6.07) is 12.9. The van der Waals surface area contributed by atoms with Crippen LogP contribution >= 0.6 is 0 Å². The van der Waals surface area contributed by atoms with Gasteiger partial charge in [-0.3, -0.25) is 0 Å². The maximum absolute atomic E-state index is 6.17. The SMILES string of the molecule is C#Cc1ccc2c(c1)CCC(COCC1CCc3cc(C#C)ccc3C1)C2. The largest absolute Gasteiger partial charge is 0.381 e. The predicted octanol–water partition coefficient (Wildman–Crippen LogP) is 4.58. The Kier molecular flexibility index (Phi) is 5.33. The van der Waals surface area contributed by atoms with E-state index in [1.165, 1.54) is 35.1 Å². The van der Waals surface area contributed by atoms with Crippen LogP contribution in [0.15, 0.2) is 36.4 Å². The van der Waals surface area contributed by atoms with Crippen molar-refractivity contribution in [2.45, 2.75) is 38.5 Å². The zero-order valence-corrected chi connectivity index (χ0v) is 15.8. The van der Waals surface area contributed by atoms with Crippen LogP contribution in [0.4, 0.5) is 0 Å². The fraction of sp³-hybridized carbons (Fsp3) is 0.385. The van der Waals surface area contributed by atoms with E-state index in [4.69, 9.17) is 17.6 Å². The molecule has 1 nitrogen and oxygen atoms in total. The van der Waals surface area contributed by atoms with E-state index in [-0.39, 0.29) is 0 Å². The zero-order chi connectivity index (χ0) is 18.6. The van der Waals surface area contributed by atoms with Crippen molar-refractivity contribution in [2.75, 3.05) is 13.2 Å². The Bertz CT molecular complexity index is 833. The summed E-state index contributed by atoms with van der Waals surface area (Å²) in [5.74, 6) is 6.73. The van der Waals surface area contributed by atoms with Gasteiger partial charge in [-0.15, -0.1) is 12.8 Å². The highest BCUT2D eigenvalue weighted by atomic mass is 16.5. The number of benzene rings is 2. The summed E-state index contributed by atoms with van der Waals surface area (Å²) in [6.45, 7) is 1.74. The van der Waals surface area contributed by atoms with Crippen molar-refractivity contribution in [2.24, 2.45) is 11.8 Å². The lowest BCUT2D eigenvalue weighted by Crippen LogP contribution is -2.23. The lowest BCUT2D eigenvalue weighted by molar-refractivity contribution is 0.0635. The van der Waals surface area contributed by atoms with Crippen molar-refractivity contribution >= 4 is 0 Å². The van der Waals surface area contributed by atoms with E-state index in [1.807, 2.05) is 0 Å². The summed E-state index contributed by atoms with van der Waals surface area (Å²) in [5, 5.41) is 0. The minimum Gasteiger partial charge on any atom is -0.381 e. The smallest absolute Gasteiger partial charge is 0.0497 e. The predicted molar refractivity (Wildman–Crippen MR) is 111 cm³/mol. The number of terminal acetylenes is 2. The third kappa shape index (κ3) is 4.10. The molecule has 136 valence electrons. The Labute approximate surface area is 163 Å². The monoisotopic (exact) mass is 354 g/mol. The van der Waals surface area contributed by atoms with Crippen LogP contribution in [0.2, 0.25) is 0 Å². The minimum atomic E-state index is 0.628. The van der Waals surface area contributed by atoms with Gasteiger partial charge in [-0.25, -0.2) is 0 Å². The lowest BCUT2D eigenvalue weighted by Gasteiger charge is -2.27. The van der Waals surface area contributed by atoms with Gasteiger partial charge in [-0.2, -0.15) is 0 Å². The molecule has 2 aromatic rings. The highest BCUT2D eigenvalue weighted by molar-refractivity contribution is 5.42. The summed E-state index contributed by atoms with van der Waals surface area (Å²) in [4.78, 5) is 0. The van der Waals surface area contributed by atoms with E-state index in [0.717, 1.165) is 50.0 Å². The summed E-state index contributed by atoms with van der Waals surface area (Å²) >= 11 is 0. The molecule has 2 aliphatic rings. The van der Waals surface area contributed by atoms with E-state index in [1.54, 1.807) is 0 Å². The van der Waals surface area contributed by atoms with E-state index >= 15 is 0 Å². The minimum absolute atomic E-state index is 0.628. The molecule has 0 amide bonds. The maximum Gasteiger partial charge on any atom is 0.0497 e. The summed E-state index contributed by atoms with van der Waals surface area (Å²) in [5.41, 5.74) is 7.74. The Morgan fingerprint density at radius 1 is 0.741 bits per heavy atom. The molecule has 0 N–H and O–H groups in total. The molecule has 0 heterocycles. The first-order valence-corrected chi connectivity index (χ1v) is 9.99. The number of hydrogen-bond donors (Lipinski definition) is 0. The summed E-state index contributed by atoms with van der Waals surface area (Å²) in [6.07, 6.45) is 17.9. The number of hydrogen-bond acceptors (Lipinski definition) is 1. The second-order valence-electron chi connectivity index (χ2n) is 8.01. The Morgan fingerprint density at radius 3 is 1.67 bits per heavy atom. The average Bonchev–Trinajstić information content (AvgIpc) is 2.72. The molecule has 0 aromatic heterocycles. The van der Waals surface area contributed by atoms with Crippen LogP contribution < -0.4 is 0 Å². The number of rotatable bonds is 4. The molecule has 0 saturated carbocycles. The Balaban J connectivity index is 1.27. The summed E-state index contributed by atoms with van der Waals surface area (Å²) < 4.78 is 6.17. The molecule has 0 spiro atoms. The molecule has 0 saturated heterocycles. The van der Waals surface area contributed by atoms with E-state index < -0.39 is 0 Å². The van der Waals surface area contributed by atoms with E-state index in [9.17, 15) is 0 Å². The average molecular weight is 354 g/mol. The second kappa shape index (κ2) is 8.04. The van der Waals surface area contributed by atoms with Gasteiger partial charge in [0.25, 0.3) is 0 Å². The quantitative estimate of drug-likeness (QED) is 0.731. The van der Waals surface area contributed by atoms with Crippen molar-refractivity contribution in [3.63, 3.8) is 0 Å². The third-order valence-corrected chi connectivity index (χ3v) is 6.11. The van der Waals surface area contributed by atoms with Crippen LogP contribution in [-0.2, 0) is 30.4 Å². The highest BCUT2D eigenvalue weighted by Gasteiger charge is 2.22. The van der Waals surface area contributed by atoms with Crippen molar-refractivity contribution < 1.29 is 4.74 Å². The zero-order valence-electron chi connectivity index (χ0n) is 15.8. The van der Waals surface area contributed by atoms with Crippen molar-refractivity contribution in [1.29, 1.82) is 0 Å². The topological polar surface area (TPSA) is 9.23 Å². The first kappa shape index (κ1) is 17.9. The molecular weight excluding hydrogens is 328 g/mol. The summed E-state index contributed by atoms with van der Waals surface area (Å²) in [7, 11) is 0. The standard InChI is InChI=1S/C26H26O/c1-3-19-5-9-25-15-21(7-11-23(25)13-19)17-27-18-22-8-12-24-14-20(4-2)6-10-26(24)16-22/h1-2,5-6,9-10,13-14,21-22H,7-8,11-12,15-18H2. The Morgan fingerprint density at radius 2 is 1.22 bits per heavy atom. The number of fused-ring (bicyclic) bond motifs is 2. The molecule has 0 radical (unpaired) electrons. The van der Waals surface area contributed by atoms with Crippen LogP contribution in [-0.4, -0.2) is 13.2 Å². The van der Waals surface area contributed by atoms with Gasteiger partial charge in [0, 0.05) is 24.3 Å². The van der Waals surface area contributed by atoms with Gasteiger partial charge in [-0.1, -0.05) is 24.0 Å². The van der Waals surface area contributed by atoms with Gasteiger partial charge in [0.1, 0.15) is 0 Å². The van der Waals surface area contributed by atoms with Crippen LogP contribution in [0.25, 0.3) is 0 Å². The number of aryl methyl sites for hydroxylation is 2. The molecule has 2 atom stereocenters. The van der Waals surface area contributed by atoms with Gasteiger partial charge in [-0.05, 0) is 96.9 Å². The van der Waals surface area contributed by atoms with Crippen LogP contribution in [0.1, 0.15) is 46.2 Å². The van der Waals surface area contributed by atoms with E-state index in [0.29, 0.717) is 11.8 Å². The van der Waals surface area contributed by atoms with Crippen molar-refractivity contribution in [1.82, 2.24) is 0 Å². The molecule has 0 bridgehead atoms. The normalized spacial score (nSPS) is 20.8. The molecule has 0 fully saturated rings. The van der Waals surface area contributed by atoms with Gasteiger partial charge < -0.3 is 4.74 Å². The molecule has 2 aromatic carbocycles. The fourth-order valence-corrected chi connectivity index (χ4v) is 4.53. The molecule has 4 rings (SSSR count). The van der Waals surface area contributed by atoms with Gasteiger partial charge in [0.05, 0.1) is 0 Å². The molecule has 1 heteroatoms. The van der Waals surface area contributed by atoms with Crippen LogP contribution in [0, 0.1) is 36.5 Å². The molecule has 0 aliphatic heterocycles. The first-order chi connectivity index (χ1) is 13.2. The van der Waals surface area contributed by atoms with Crippen molar-refractivity contribution in [3.05, 3.63) is 69.8 Å². The van der Waals surface area contributed by atoms with Crippen LogP contribution in [0.3, 0.4) is 0 Å². The molecule has 2 aliphatic carbocycles. The molecule has 2 unspecified atom stereocenters. The van der Waals surface area contributed by atoms with Gasteiger partial charge >= 0.3 is 0 Å². The second-order valence-corrected chi connectivity index (χ2v) is 8.01. The Hall–Kier alpha value is -2.48. The molecular formula is C26H26O. The van der Waals surface area contributed by atoms with E-state index in [2.05, 4.69) is 48.2 Å². The van der Waals surface area contributed by atoms with Gasteiger partial charge in [0.2, 0.25) is 0 Å². The third-order valence-electron chi connectivity index (χ3n) is 6.11. The fourth-order valence-electron chi connectivity index (χ4n) is 4.53. The van der Waals surface area contributed by atoms with Crippen LogP contribution in [0.5, 0.6) is 0 Å². The van der Waals surface area contributed by atoms with Gasteiger partial charge in [0.15, 0.2) is 0 Å². The number of ether oxygens (including phenoxy) is 1. The maximum atomic E-state index is 6.17.